The Labute approximate surface area is 129 Å². The third-order valence-electron chi connectivity index (χ3n) is 2.48. The maximum Gasteiger partial charge on any atom is 0.284 e. The first-order chi connectivity index (χ1) is 9.44. The van der Waals surface area contributed by atoms with Crippen LogP contribution in [-0.2, 0) is 14.8 Å². The molecule has 0 aromatic heterocycles. The van der Waals surface area contributed by atoms with Gasteiger partial charge in [0.15, 0.2) is 5.17 Å². The van der Waals surface area contributed by atoms with Crippen LogP contribution in [0.25, 0.3) is 0 Å². The molecule has 0 saturated carbocycles. The van der Waals surface area contributed by atoms with E-state index in [1.165, 1.54) is 23.1 Å². The van der Waals surface area contributed by atoms with Gasteiger partial charge >= 0.3 is 0 Å². The molecule has 0 aliphatic carbocycles. The van der Waals surface area contributed by atoms with Gasteiger partial charge in [-0.1, -0.05) is 33.8 Å². The number of amides is 1. The maximum absolute atomic E-state index is 12.2. The van der Waals surface area contributed by atoms with Crippen molar-refractivity contribution in [2.45, 2.75) is 4.90 Å². The van der Waals surface area contributed by atoms with E-state index in [-0.39, 0.29) is 28.3 Å². The highest BCUT2D eigenvalue weighted by atomic mass is 79.9. The number of carbonyl (C=O) groups is 1. The van der Waals surface area contributed by atoms with Gasteiger partial charge < -0.3 is 0 Å². The van der Waals surface area contributed by atoms with Crippen molar-refractivity contribution in [2.75, 3.05) is 12.3 Å². The average Bonchev–Trinajstić information content (AvgIpc) is 2.72. The molecule has 1 aliphatic rings. The summed E-state index contributed by atoms with van der Waals surface area (Å²) >= 11 is 4.35. The predicted molar refractivity (Wildman–Crippen MR) is 83.1 cm³/mol. The summed E-state index contributed by atoms with van der Waals surface area (Å²) in [6, 6.07) is 6.18. The van der Waals surface area contributed by atoms with E-state index in [0.717, 1.165) is 16.2 Å². The van der Waals surface area contributed by atoms with E-state index in [0.29, 0.717) is 0 Å². The molecule has 1 saturated heterocycles. The number of rotatable bonds is 4. The minimum absolute atomic E-state index is 0.0895. The van der Waals surface area contributed by atoms with Gasteiger partial charge in [0.2, 0.25) is 5.91 Å². The topological polar surface area (TPSA) is 66.8 Å². The first-order valence-electron chi connectivity index (χ1n) is 5.58. The van der Waals surface area contributed by atoms with Crippen LogP contribution in [0.15, 0.2) is 50.7 Å². The second kappa shape index (κ2) is 6.11. The molecule has 1 fully saturated rings. The lowest BCUT2D eigenvalue weighted by Crippen LogP contribution is -2.30. The van der Waals surface area contributed by atoms with Crippen molar-refractivity contribution < 1.29 is 13.2 Å². The van der Waals surface area contributed by atoms with Crippen molar-refractivity contribution >= 4 is 48.8 Å². The highest BCUT2D eigenvalue weighted by Gasteiger charge is 2.29. The van der Waals surface area contributed by atoms with Crippen LogP contribution in [0.1, 0.15) is 0 Å². The summed E-state index contributed by atoms with van der Waals surface area (Å²) in [5.41, 5.74) is 0. The van der Waals surface area contributed by atoms with Crippen LogP contribution in [0.3, 0.4) is 0 Å². The van der Waals surface area contributed by atoms with Crippen LogP contribution >= 0.6 is 27.7 Å². The minimum atomic E-state index is -3.82. The summed E-state index contributed by atoms with van der Waals surface area (Å²) in [7, 11) is -3.82. The molecule has 0 spiro atoms. The predicted octanol–water partition coefficient (Wildman–Crippen LogP) is 2.26. The summed E-state index contributed by atoms with van der Waals surface area (Å²) in [4.78, 5) is 13.0. The van der Waals surface area contributed by atoms with Gasteiger partial charge in [-0.05, 0) is 24.3 Å². The second-order valence-electron chi connectivity index (χ2n) is 3.88. The monoisotopic (exact) mass is 374 g/mol. The fourth-order valence-corrected chi connectivity index (χ4v) is 3.94. The van der Waals surface area contributed by atoms with Gasteiger partial charge in [0, 0.05) is 11.0 Å². The van der Waals surface area contributed by atoms with Crippen molar-refractivity contribution in [2.24, 2.45) is 4.40 Å². The number of thioether (sulfide) groups is 1. The standard InChI is InChI=1S/C12H11BrN2O3S2/c1-2-7-15-11(16)8-19-12(15)14-20(17,18)10-5-3-9(13)4-6-10/h2-6H,1,7-8H2/b14-12-. The Balaban J connectivity index is 2.35. The second-order valence-corrected chi connectivity index (χ2v) is 7.35. The molecule has 0 bridgehead atoms. The summed E-state index contributed by atoms with van der Waals surface area (Å²) < 4.78 is 28.9. The van der Waals surface area contributed by atoms with Crippen molar-refractivity contribution in [1.82, 2.24) is 4.90 Å². The summed E-state index contributed by atoms with van der Waals surface area (Å²) in [5, 5.41) is 0.192. The molecule has 2 rings (SSSR count). The van der Waals surface area contributed by atoms with E-state index < -0.39 is 10.0 Å². The molecule has 8 heteroatoms. The lowest BCUT2D eigenvalue weighted by molar-refractivity contribution is -0.123. The van der Waals surface area contributed by atoms with Crippen LogP contribution < -0.4 is 0 Å². The number of sulfonamides is 1. The molecule has 1 heterocycles. The van der Waals surface area contributed by atoms with Gasteiger partial charge in [-0.3, -0.25) is 9.69 Å². The molecule has 20 heavy (non-hydrogen) atoms. The van der Waals surface area contributed by atoms with E-state index in [1.54, 1.807) is 12.1 Å². The molecule has 0 N–H and O–H groups in total. The molecule has 0 atom stereocenters. The Kier molecular flexibility index (Phi) is 4.66. The maximum atomic E-state index is 12.2. The first-order valence-corrected chi connectivity index (χ1v) is 8.80. The van der Waals surface area contributed by atoms with Crippen molar-refractivity contribution in [3.63, 3.8) is 0 Å². The van der Waals surface area contributed by atoms with Crippen molar-refractivity contribution in [3.05, 3.63) is 41.4 Å². The summed E-state index contributed by atoms with van der Waals surface area (Å²) in [5.74, 6) is 0.0300. The van der Waals surface area contributed by atoms with Gasteiger partial charge in [0.05, 0.1) is 10.6 Å². The first kappa shape index (κ1) is 15.3. The van der Waals surface area contributed by atoms with Crippen molar-refractivity contribution in [3.8, 4) is 0 Å². The largest absolute Gasteiger partial charge is 0.286 e. The van der Waals surface area contributed by atoms with Crippen LogP contribution in [0.2, 0.25) is 0 Å². The van der Waals surface area contributed by atoms with Gasteiger partial charge in [0.25, 0.3) is 10.0 Å². The van der Waals surface area contributed by atoms with Crippen LogP contribution in [-0.4, -0.2) is 36.7 Å². The van der Waals surface area contributed by atoms with Gasteiger partial charge in [-0.15, -0.1) is 11.0 Å². The SMILES string of the molecule is C=CCN1C(=O)CS/C1=N\S(=O)(=O)c1ccc(Br)cc1. The number of hydrogen-bond donors (Lipinski definition) is 0. The van der Waals surface area contributed by atoms with Gasteiger partial charge in [-0.2, -0.15) is 8.42 Å². The molecule has 0 unspecified atom stereocenters. The molecular formula is C12H11BrN2O3S2. The van der Waals surface area contributed by atoms with Crippen LogP contribution in [0.4, 0.5) is 0 Å². The zero-order valence-electron chi connectivity index (χ0n) is 10.3. The quantitative estimate of drug-likeness (QED) is 0.758. The fraction of sp³-hybridized carbons (Fsp3) is 0.167. The Bertz CT molecular complexity index is 668. The normalized spacial score (nSPS) is 17.8. The third-order valence-corrected chi connectivity index (χ3v) is 5.36. The molecule has 0 radical (unpaired) electrons. The molecular weight excluding hydrogens is 364 g/mol. The highest BCUT2D eigenvalue weighted by molar-refractivity contribution is 9.10. The summed E-state index contributed by atoms with van der Waals surface area (Å²) in [6.45, 7) is 3.80. The van der Waals surface area contributed by atoms with Crippen molar-refractivity contribution in [1.29, 1.82) is 0 Å². The number of halogens is 1. The molecule has 1 aromatic carbocycles. The fourth-order valence-electron chi connectivity index (χ4n) is 1.54. The molecule has 5 nitrogen and oxygen atoms in total. The van der Waals surface area contributed by atoms with E-state index in [1.807, 2.05) is 0 Å². The number of amidine groups is 1. The van der Waals surface area contributed by atoms with Gasteiger partial charge in [-0.25, -0.2) is 0 Å². The minimum Gasteiger partial charge on any atom is -0.286 e. The number of benzene rings is 1. The third kappa shape index (κ3) is 3.31. The Hall–Kier alpha value is -1.12. The molecule has 1 aliphatic heterocycles. The van der Waals surface area contributed by atoms with E-state index >= 15 is 0 Å². The Morgan fingerprint density at radius 1 is 1.40 bits per heavy atom. The molecule has 106 valence electrons. The average molecular weight is 375 g/mol. The zero-order chi connectivity index (χ0) is 14.8. The van der Waals surface area contributed by atoms with E-state index in [4.69, 9.17) is 0 Å². The summed E-state index contributed by atoms with van der Waals surface area (Å²) in [6.07, 6.45) is 1.53. The Morgan fingerprint density at radius 2 is 2.05 bits per heavy atom. The number of nitrogens with zero attached hydrogens (tertiary/aromatic N) is 2. The van der Waals surface area contributed by atoms with E-state index in [9.17, 15) is 13.2 Å². The number of hydrogen-bond acceptors (Lipinski definition) is 4. The Morgan fingerprint density at radius 3 is 2.65 bits per heavy atom. The lowest BCUT2D eigenvalue weighted by Gasteiger charge is -2.12. The van der Waals surface area contributed by atoms with E-state index in [2.05, 4.69) is 26.9 Å². The smallest absolute Gasteiger partial charge is 0.284 e. The highest BCUT2D eigenvalue weighted by Crippen LogP contribution is 2.23. The number of carbonyl (C=O) groups excluding carboxylic acids is 1. The molecule has 1 aromatic rings. The zero-order valence-corrected chi connectivity index (χ0v) is 13.5. The molecule has 1 amide bonds. The van der Waals surface area contributed by atoms with Crippen LogP contribution in [0.5, 0.6) is 0 Å². The lowest BCUT2D eigenvalue weighted by atomic mass is 10.4. The van der Waals surface area contributed by atoms with Gasteiger partial charge in [0.1, 0.15) is 0 Å². The van der Waals surface area contributed by atoms with Crippen LogP contribution in [0, 0.1) is 0 Å².